The van der Waals surface area contributed by atoms with Gasteiger partial charge in [-0.3, -0.25) is 39.1 Å². The number of rotatable bonds is 13. The average Bonchev–Trinajstić information content (AvgIpc) is 3.36. The first-order valence-corrected chi connectivity index (χ1v) is 28.4. The van der Waals surface area contributed by atoms with Crippen LogP contribution >= 0.6 is 0 Å². The Bertz CT molecular complexity index is 1510. The molecule has 0 unspecified atom stereocenters. The molecular weight excluding hydrogens is 1030 g/mol. The van der Waals surface area contributed by atoms with Gasteiger partial charge in [0.25, 0.3) is 25.4 Å². The van der Waals surface area contributed by atoms with Crippen molar-refractivity contribution in [3.63, 3.8) is 0 Å². The summed E-state index contributed by atoms with van der Waals surface area (Å²) in [5, 5.41) is 43.5. The summed E-state index contributed by atoms with van der Waals surface area (Å²) in [4.78, 5) is 83.9. The first-order chi connectivity index (χ1) is 36.4. The predicted molar refractivity (Wildman–Crippen MR) is 308 cm³/mol. The SMILES string of the molecule is CC(C)(C)N1CCCCC1.CC(C)(C)N1CCCCC1.CC(C)(C)N1CCCCC1.CC(C)(C)N1CCN(CCO[N+](=O)[O-])CC1.CC(C)(C)N1CCN(CO[N+](=O)[O-])CC1.CCCO[N+](=O)[O-].CCO[N+](=O)[O-].CO[N+](=O)[O-]. The Labute approximate surface area is 474 Å². The molecule has 0 aliphatic carbocycles. The highest BCUT2D eigenvalue weighted by atomic mass is 17.0. The van der Waals surface area contributed by atoms with Crippen LogP contribution in [0.25, 0.3) is 0 Å². The standard InChI is InChI=1S/C10H21N3O3.C9H19N3O3.3C9H19N.C3H7NO3.C2H5NO3.CH3NO3/c1-10(2,3)12-6-4-11(5-7-12)8-9-16-13(14)15;1-9(2,3)11-6-4-10(5-7-11)8-15-12(13)14;3*1-9(2,3)10-7-5-4-6-8-10;1-2-3-7-4(5)6;1-2-6-3(4)5;1-5-2(3)4/h4-9H2,1-3H3;4-8H2,1-3H3;3*4-8H2,1-3H3;2-3H2,1H3;2H2,1H3;1H3. The third kappa shape index (κ3) is 47.1. The van der Waals surface area contributed by atoms with Crippen molar-refractivity contribution in [3.05, 3.63) is 50.6 Å². The van der Waals surface area contributed by atoms with Crippen LogP contribution in [0.3, 0.4) is 0 Å². The summed E-state index contributed by atoms with van der Waals surface area (Å²) in [6.07, 6.45) is 13.4. The average molecular weight is 1150 g/mol. The maximum Gasteiger partial charge on any atom is 0.295 e. The zero-order valence-electron chi connectivity index (χ0n) is 52.5. The zero-order valence-corrected chi connectivity index (χ0v) is 52.5. The number of likely N-dealkylation sites (tertiary alicyclic amines) is 3. The molecule has 0 aromatic carbocycles. The molecule has 27 nitrogen and oxygen atoms in total. The zero-order chi connectivity index (χ0) is 61.5. The van der Waals surface area contributed by atoms with Gasteiger partial charge in [-0.1, -0.05) is 26.2 Å². The fourth-order valence-corrected chi connectivity index (χ4v) is 8.53. The van der Waals surface area contributed by atoms with Crippen LogP contribution in [0.2, 0.25) is 0 Å². The van der Waals surface area contributed by atoms with Crippen molar-refractivity contribution in [1.29, 1.82) is 0 Å². The van der Waals surface area contributed by atoms with Gasteiger partial charge in [-0.05, 0) is 195 Å². The quantitative estimate of drug-likeness (QED) is 0.123. The summed E-state index contributed by atoms with van der Waals surface area (Å²) in [6, 6.07) is 0. The smallest absolute Gasteiger partial charge is 0.295 e. The fraction of sp³-hybridized carbons (Fsp3) is 1.00. The summed E-state index contributed by atoms with van der Waals surface area (Å²) in [5.41, 5.74) is 1.60. The highest BCUT2D eigenvalue weighted by Crippen LogP contribution is 2.22. The van der Waals surface area contributed by atoms with Crippen LogP contribution < -0.4 is 0 Å². The third-order valence-electron chi connectivity index (χ3n) is 13.3. The number of nitrogens with zero attached hydrogens (tertiary/aromatic N) is 12. The van der Waals surface area contributed by atoms with E-state index in [9.17, 15) is 40.5 Å². The van der Waals surface area contributed by atoms with Crippen LogP contribution in [0, 0.1) is 50.6 Å². The Morgan fingerprint density at radius 2 is 0.595 bits per heavy atom. The van der Waals surface area contributed by atoms with E-state index in [1.165, 1.54) is 97.1 Å². The van der Waals surface area contributed by atoms with Gasteiger partial charge in [0.15, 0.2) is 0 Å². The molecule has 5 saturated heterocycles. The van der Waals surface area contributed by atoms with Crippen molar-refractivity contribution < 1.29 is 49.6 Å². The lowest BCUT2D eigenvalue weighted by Gasteiger charge is -2.42. The van der Waals surface area contributed by atoms with Gasteiger partial charge in [-0.2, -0.15) is 0 Å². The molecule has 5 aliphatic rings. The molecule has 0 aromatic rings. The number of piperazine rings is 2. The van der Waals surface area contributed by atoms with Gasteiger partial charge in [0.05, 0.1) is 20.3 Å². The second kappa shape index (κ2) is 42.5. The Balaban J connectivity index is -0.000000858. The molecule has 0 aromatic heterocycles. The van der Waals surface area contributed by atoms with Crippen molar-refractivity contribution in [2.45, 2.75) is 210 Å². The van der Waals surface area contributed by atoms with Crippen LogP contribution in [0.15, 0.2) is 0 Å². The molecule has 5 aliphatic heterocycles. The summed E-state index contributed by atoms with van der Waals surface area (Å²) in [7, 11) is 1.00. The molecule has 470 valence electrons. The molecule has 0 atom stereocenters. The number of piperidine rings is 3. The molecule has 0 spiro atoms. The van der Waals surface area contributed by atoms with Crippen LogP contribution in [0.5, 0.6) is 0 Å². The second-order valence-corrected chi connectivity index (χ2v) is 24.6. The minimum absolute atomic E-state index is 0.0883. The minimum atomic E-state index is -0.875. The van der Waals surface area contributed by atoms with Gasteiger partial charge in [0.1, 0.15) is 13.3 Å². The Hall–Kier alpha value is -4.28. The largest absolute Gasteiger partial charge is 0.317 e. The van der Waals surface area contributed by atoms with Crippen LogP contribution in [-0.4, -0.2) is 219 Å². The van der Waals surface area contributed by atoms with E-state index >= 15 is 0 Å². The molecule has 79 heavy (non-hydrogen) atoms. The van der Waals surface area contributed by atoms with Crippen molar-refractivity contribution in [2.24, 2.45) is 0 Å². The second-order valence-electron chi connectivity index (χ2n) is 24.6. The van der Waals surface area contributed by atoms with E-state index < -0.39 is 25.4 Å². The van der Waals surface area contributed by atoms with Crippen LogP contribution in [0.4, 0.5) is 0 Å². The molecule has 0 amide bonds. The van der Waals surface area contributed by atoms with E-state index in [2.05, 4.69) is 157 Å². The molecular formula is C52H112N12O15. The highest BCUT2D eigenvalue weighted by molar-refractivity contribution is 4.83. The van der Waals surface area contributed by atoms with Crippen LogP contribution in [-0.2, 0) is 24.2 Å². The molecule has 0 saturated carbocycles. The van der Waals surface area contributed by atoms with E-state index in [0.717, 1.165) is 59.5 Å². The lowest BCUT2D eigenvalue weighted by atomic mass is 10.0. The molecule has 5 heterocycles. The lowest BCUT2D eigenvalue weighted by molar-refractivity contribution is -0.762. The van der Waals surface area contributed by atoms with E-state index in [4.69, 9.17) is 10.1 Å². The van der Waals surface area contributed by atoms with Crippen molar-refractivity contribution in [1.82, 2.24) is 34.3 Å². The molecule has 0 radical (unpaired) electrons. The molecule has 0 N–H and O–H groups in total. The third-order valence-corrected chi connectivity index (χ3v) is 13.3. The van der Waals surface area contributed by atoms with E-state index in [1.54, 1.807) is 6.92 Å². The van der Waals surface area contributed by atoms with Crippen molar-refractivity contribution >= 4 is 0 Å². The summed E-state index contributed by atoms with van der Waals surface area (Å²) in [5.74, 6) is 0. The van der Waals surface area contributed by atoms with Gasteiger partial charge in [0.2, 0.25) is 0 Å². The first-order valence-electron chi connectivity index (χ1n) is 28.4. The van der Waals surface area contributed by atoms with Gasteiger partial charge in [-0.25, -0.2) is 0 Å². The Kier molecular flexibility index (Phi) is 42.5. The fourth-order valence-electron chi connectivity index (χ4n) is 8.53. The summed E-state index contributed by atoms with van der Waals surface area (Å²) < 4.78 is 0. The van der Waals surface area contributed by atoms with E-state index in [-0.39, 0.29) is 37.6 Å². The van der Waals surface area contributed by atoms with E-state index in [0.29, 0.717) is 29.6 Å². The molecule has 0 bridgehead atoms. The molecule has 5 rings (SSSR count). The maximum absolute atomic E-state index is 10.0. The lowest BCUT2D eigenvalue weighted by Crippen LogP contribution is -2.53. The normalized spacial score (nSPS) is 18.3. The van der Waals surface area contributed by atoms with E-state index in [1.807, 2.05) is 11.8 Å². The summed E-state index contributed by atoms with van der Waals surface area (Å²) in [6.45, 7) is 53.8. The van der Waals surface area contributed by atoms with Crippen LogP contribution in [0.1, 0.15) is 182 Å². The monoisotopic (exact) mass is 1140 g/mol. The maximum atomic E-state index is 10.0. The highest BCUT2D eigenvalue weighted by Gasteiger charge is 2.28. The van der Waals surface area contributed by atoms with Crippen molar-refractivity contribution in [3.8, 4) is 0 Å². The Morgan fingerprint density at radius 1 is 0.342 bits per heavy atom. The van der Waals surface area contributed by atoms with Gasteiger partial charge < -0.3 is 19.4 Å². The van der Waals surface area contributed by atoms with Crippen molar-refractivity contribution in [2.75, 3.05) is 132 Å². The molecule has 5 fully saturated rings. The summed E-state index contributed by atoms with van der Waals surface area (Å²) >= 11 is 0. The number of hydrogen-bond acceptors (Lipinski definition) is 22. The molecule has 27 heteroatoms. The predicted octanol–water partition coefficient (Wildman–Crippen LogP) is 8.64. The first kappa shape index (κ1) is 78.9. The van der Waals surface area contributed by atoms with Gasteiger partial charge >= 0.3 is 0 Å². The minimum Gasteiger partial charge on any atom is -0.317 e. The topological polar surface area (TPSA) is 285 Å². The van der Waals surface area contributed by atoms with Gasteiger partial charge in [-0.15, -0.1) is 50.6 Å². The number of hydrogen-bond donors (Lipinski definition) is 0. The van der Waals surface area contributed by atoms with Gasteiger partial charge in [0, 0.05) is 86.6 Å². The Morgan fingerprint density at radius 3 is 0.785 bits per heavy atom.